The topological polar surface area (TPSA) is 84.0 Å². The van der Waals surface area contributed by atoms with Gasteiger partial charge in [-0.15, -0.1) is 0 Å². The molecule has 0 aromatic heterocycles. The van der Waals surface area contributed by atoms with Crippen LogP contribution in [0.3, 0.4) is 0 Å². The van der Waals surface area contributed by atoms with Crippen molar-refractivity contribution in [3.63, 3.8) is 0 Å². The summed E-state index contributed by atoms with van der Waals surface area (Å²) in [7, 11) is -5.31. The second-order valence-electron chi connectivity index (χ2n) is 17.0. The number of halogens is 1. The fourth-order valence-electron chi connectivity index (χ4n) is 10.7. The summed E-state index contributed by atoms with van der Waals surface area (Å²) in [6, 6.07) is 10.6. The first-order valence-electron chi connectivity index (χ1n) is 21.4. The van der Waals surface area contributed by atoms with Gasteiger partial charge in [0.1, 0.15) is 17.0 Å². The maximum Gasteiger partial charge on any atom is 0.259 e. The number of hydrogen-bond acceptors (Lipinski definition) is 9. The van der Waals surface area contributed by atoms with E-state index in [1.807, 2.05) is 12.1 Å². The SMILES string of the molecule is CCCOP(OCCOCCN1C2(c3ccc(Cl)cc3S1(=O)=O)c1cc3c4c(c1Oc1c2cc2c5c1CCCN5CCC2)CCCN4CCC3)N(C(C)C)C(C)C. The van der Waals surface area contributed by atoms with Crippen molar-refractivity contribution in [2.24, 2.45) is 0 Å². The van der Waals surface area contributed by atoms with Crippen molar-refractivity contribution < 1.29 is 26.9 Å². The van der Waals surface area contributed by atoms with Crippen LogP contribution in [0.2, 0.25) is 5.02 Å². The molecule has 1 spiro atoms. The summed E-state index contributed by atoms with van der Waals surface area (Å²) >= 11 is 6.67. The van der Waals surface area contributed by atoms with E-state index < -0.39 is 24.1 Å². The van der Waals surface area contributed by atoms with Gasteiger partial charge in [0, 0.05) is 89.0 Å². The van der Waals surface area contributed by atoms with Crippen LogP contribution in [0.4, 0.5) is 11.4 Å². The summed E-state index contributed by atoms with van der Waals surface area (Å²) in [5, 5.41) is 0.404. The summed E-state index contributed by atoms with van der Waals surface area (Å²) in [5.74, 6) is 1.68. The van der Waals surface area contributed by atoms with Crippen molar-refractivity contribution in [2.45, 2.75) is 115 Å². The van der Waals surface area contributed by atoms with Crippen molar-refractivity contribution in [1.29, 1.82) is 0 Å². The Balaban J connectivity index is 1.15. The molecule has 0 fully saturated rings. The highest BCUT2D eigenvalue weighted by Crippen LogP contribution is 2.64. The molecule has 1 atom stereocenters. The lowest BCUT2D eigenvalue weighted by atomic mass is 9.70. The molecule has 0 aliphatic carbocycles. The highest BCUT2D eigenvalue weighted by molar-refractivity contribution is 7.89. The maximum atomic E-state index is 15.3. The Kier molecular flexibility index (Phi) is 11.1. The van der Waals surface area contributed by atoms with Crippen LogP contribution >= 0.6 is 20.1 Å². The van der Waals surface area contributed by atoms with E-state index in [0.29, 0.717) is 24.8 Å². The molecule has 3 aromatic carbocycles. The van der Waals surface area contributed by atoms with Gasteiger partial charge in [-0.25, -0.2) is 13.1 Å². The highest BCUT2D eigenvalue weighted by atomic mass is 35.5. The zero-order chi connectivity index (χ0) is 39.6. The molecule has 3 aromatic rings. The quantitative estimate of drug-likeness (QED) is 0.124. The van der Waals surface area contributed by atoms with Gasteiger partial charge in [-0.3, -0.25) is 0 Å². The lowest BCUT2D eigenvalue weighted by Crippen LogP contribution is -2.49. The van der Waals surface area contributed by atoms with Crippen molar-refractivity contribution >= 4 is 41.5 Å². The molecule has 9 rings (SSSR count). The molecule has 57 heavy (non-hydrogen) atoms. The molecule has 0 bridgehead atoms. The van der Waals surface area contributed by atoms with Gasteiger partial charge < -0.3 is 28.3 Å². The molecule has 0 saturated heterocycles. The van der Waals surface area contributed by atoms with Gasteiger partial charge in [0.05, 0.1) is 31.3 Å². The van der Waals surface area contributed by atoms with E-state index in [-0.39, 0.29) is 30.1 Å². The third-order valence-electron chi connectivity index (χ3n) is 12.7. The number of anilines is 2. The number of benzene rings is 3. The molecule has 0 amide bonds. The van der Waals surface area contributed by atoms with Gasteiger partial charge >= 0.3 is 0 Å². The number of fused-ring (bicyclic) bond motifs is 8. The Hall–Kier alpha value is -2.47. The monoisotopic (exact) mass is 836 g/mol. The molecule has 13 heteroatoms. The van der Waals surface area contributed by atoms with E-state index in [4.69, 9.17) is 30.1 Å². The molecule has 10 nitrogen and oxygen atoms in total. The molecule has 0 radical (unpaired) electrons. The zero-order valence-electron chi connectivity index (χ0n) is 34.2. The van der Waals surface area contributed by atoms with Gasteiger partial charge in [0.15, 0.2) is 0 Å². The third kappa shape index (κ3) is 6.53. The van der Waals surface area contributed by atoms with Gasteiger partial charge in [-0.05, 0) is 121 Å². The number of rotatable bonds is 13. The van der Waals surface area contributed by atoms with E-state index in [9.17, 15) is 0 Å². The van der Waals surface area contributed by atoms with E-state index in [2.05, 4.69) is 61.2 Å². The second kappa shape index (κ2) is 15.9. The number of ether oxygens (including phenoxy) is 2. The van der Waals surface area contributed by atoms with Gasteiger partial charge in [0.2, 0.25) is 10.0 Å². The Morgan fingerprint density at radius 1 is 0.772 bits per heavy atom. The Morgan fingerprint density at radius 2 is 1.33 bits per heavy atom. The number of hydrogen-bond donors (Lipinski definition) is 0. The van der Waals surface area contributed by atoms with Gasteiger partial charge in [-0.1, -0.05) is 24.6 Å². The number of nitrogens with zero attached hydrogens (tertiary/aromatic N) is 4. The molecule has 6 heterocycles. The average Bonchev–Trinajstić information content (AvgIpc) is 3.38. The molecule has 308 valence electrons. The summed E-state index contributed by atoms with van der Waals surface area (Å²) in [5.41, 5.74) is 9.09. The van der Waals surface area contributed by atoms with E-state index in [1.165, 1.54) is 33.6 Å². The van der Waals surface area contributed by atoms with Crippen LogP contribution in [0.15, 0.2) is 35.2 Å². The van der Waals surface area contributed by atoms with E-state index in [1.54, 1.807) is 10.4 Å². The Morgan fingerprint density at radius 3 is 1.89 bits per heavy atom. The number of aryl methyl sites for hydroxylation is 2. The lowest BCUT2D eigenvalue weighted by molar-refractivity contribution is 0.0753. The minimum Gasteiger partial charge on any atom is -0.456 e. The fraction of sp³-hybridized carbons (Fsp3) is 0.591. The van der Waals surface area contributed by atoms with Crippen LogP contribution in [-0.2, 0) is 55.0 Å². The normalized spacial score (nSPS) is 20.4. The van der Waals surface area contributed by atoms with Gasteiger partial charge in [0.25, 0.3) is 8.53 Å². The largest absolute Gasteiger partial charge is 0.456 e. The summed E-state index contributed by atoms with van der Waals surface area (Å²) < 4.78 is 60.8. The fourth-order valence-corrected chi connectivity index (χ4v) is 14.6. The van der Waals surface area contributed by atoms with Crippen molar-refractivity contribution in [3.8, 4) is 11.5 Å². The highest BCUT2D eigenvalue weighted by Gasteiger charge is 2.61. The molecular formula is C44H58ClN4O6PS. The Labute approximate surface area is 345 Å². The standard InChI is InChI=1S/C44H58ClN4O6PS/c1-6-22-53-56(49(29(2)3)30(4)5)54-25-24-52-23-21-48-44(36-16-15-33(45)28-39(36)57(48,50)51)37-26-31-11-7-17-46-19-9-13-34(40(31)46)42(37)55-43-35-14-10-20-47-18-8-12-32(41(35)47)27-38(43)44/h15-16,26-30H,6-14,17-25H2,1-5H3. The first kappa shape index (κ1) is 40.0. The predicted octanol–water partition coefficient (Wildman–Crippen LogP) is 8.95. The summed E-state index contributed by atoms with van der Waals surface area (Å²) in [6.45, 7) is 16.5. The summed E-state index contributed by atoms with van der Waals surface area (Å²) in [4.78, 5) is 5.34. The van der Waals surface area contributed by atoms with Crippen LogP contribution in [0.25, 0.3) is 0 Å². The van der Waals surface area contributed by atoms with E-state index >= 15 is 8.42 Å². The molecule has 6 aliphatic rings. The Bertz CT molecular complexity index is 2060. The van der Waals surface area contributed by atoms with Crippen LogP contribution in [-0.4, -0.2) is 88.6 Å². The van der Waals surface area contributed by atoms with Gasteiger partial charge in [-0.2, -0.15) is 4.31 Å². The van der Waals surface area contributed by atoms with Crippen LogP contribution < -0.4 is 14.5 Å². The van der Waals surface area contributed by atoms with Crippen molar-refractivity contribution in [1.82, 2.24) is 8.98 Å². The second-order valence-corrected chi connectivity index (χ2v) is 20.7. The molecule has 0 N–H and O–H groups in total. The average molecular weight is 837 g/mol. The molecule has 1 unspecified atom stereocenters. The van der Waals surface area contributed by atoms with Crippen molar-refractivity contribution in [3.05, 3.63) is 74.3 Å². The minimum absolute atomic E-state index is 0.149. The molecule has 6 aliphatic heterocycles. The number of sulfonamides is 1. The lowest BCUT2D eigenvalue weighted by Gasteiger charge is -2.48. The zero-order valence-corrected chi connectivity index (χ0v) is 36.7. The molecular weight excluding hydrogens is 779 g/mol. The first-order valence-corrected chi connectivity index (χ1v) is 24.3. The maximum absolute atomic E-state index is 15.3. The smallest absolute Gasteiger partial charge is 0.259 e. The minimum atomic E-state index is -4.05. The molecule has 0 saturated carbocycles. The first-order chi connectivity index (χ1) is 27.6. The van der Waals surface area contributed by atoms with E-state index in [0.717, 1.165) is 112 Å². The predicted molar refractivity (Wildman–Crippen MR) is 228 cm³/mol. The third-order valence-corrected chi connectivity index (χ3v) is 17.0. The van der Waals surface area contributed by atoms with Crippen molar-refractivity contribution in [2.75, 3.05) is 69.0 Å². The van der Waals surface area contributed by atoms with Crippen LogP contribution in [0.1, 0.15) is 106 Å². The van der Waals surface area contributed by atoms with Crippen LogP contribution in [0, 0.1) is 0 Å². The summed E-state index contributed by atoms with van der Waals surface area (Å²) in [6.07, 6.45) is 8.85. The van der Waals surface area contributed by atoms with Crippen LogP contribution in [0.5, 0.6) is 11.5 Å².